The van der Waals surface area contributed by atoms with Crippen molar-refractivity contribution in [3.63, 3.8) is 0 Å². The highest BCUT2D eigenvalue weighted by molar-refractivity contribution is 9.09. The van der Waals surface area contributed by atoms with Crippen LogP contribution in [0.5, 0.6) is 0 Å². The van der Waals surface area contributed by atoms with Gasteiger partial charge in [-0.1, -0.05) is 15.9 Å². The molecule has 1 heterocycles. The Balaban J connectivity index is 1.98. The molecule has 5 heteroatoms. The summed E-state index contributed by atoms with van der Waals surface area (Å²) in [6.07, 6.45) is 4.37. The Hall–Kier alpha value is -0.840. The van der Waals surface area contributed by atoms with Crippen LogP contribution in [0.3, 0.4) is 0 Å². The lowest BCUT2D eigenvalue weighted by atomic mass is 9.85. The van der Waals surface area contributed by atoms with Crippen molar-refractivity contribution in [1.29, 1.82) is 0 Å². The van der Waals surface area contributed by atoms with Crippen LogP contribution in [0.4, 0.5) is 11.8 Å². The summed E-state index contributed by atoms with van der Waals surface area (Å²) in [6, 6.07) is 1.97. The van der Waals surface area contributed by atoms with Crippen LogP contribution >= 0.6 is 15.9 Å². The summed E-state index contributed by atoms with van der Waals surface area (Å²) in [7, 11) is 6.02. The van der Waals surface area contributed by atoms with Crippen molar-refractivity contribution in [2.45, 2.75) is 17.7 Å². The van der Waals surface area contributed by atoms with E-state index < -0.39 is 0 Å². The van der Waals surface area contributed by atoms with Gasteiger partial charge in [-0.3, -0.25) is 0 Å². The van der Waals surface area contributed by atoms with Crippen LogP contribution in [-0.4, -0.2) is 42.5 Å². The normalized spacial score (nSPS) is 23.1. The average molecular weight is 299 g/mol. The molecule has 0 aliphatic heterocycles. The fraction of sp³-hybridized carbons (Fsp3) is 0.667. The minimum absolute atomic E-state index is 0.726. The van der Waals surface area contributed by atoms with Crippen LogP contribution < -0.4 is 9.80 Å². The van der Waals surface area contributed by atoms with E-state index in [0.717, 1.165) is 29.1 Å². The number of alkyl halides is 1. The standard InChI is InChI=1S/C12H19BrN4/c1-16(2)12-14-5-4-11(15-12)17(3)8-9-6-10(13)7-9/h4-5,9-10H,6-8H2,1-3H3. The maximum absolute atomic E-state index is 4.53. The van der Waals surface area contributed by atoms with Gasteiger partial charge in [0, 0.05) is 38.7 Å². The molecule has 2 rings (SSSR count). The van der Waals surface area contributed by atoms with Gasteiger partial charge in [-0.05, 0) is 24.8 Å². The lowest BCUT2D eigenvalue weighted by molar-refractivity contribution is 0.338. The third kappa shape index (κ3) is 3.09. The van der Waals surface area contributed by atoms with Crippen LogP contribution in [0.15, 0.2) is 12.3 Å². The number of rotatable bonds is 4. The van der Waals surface area contributed by atoms with Gasteiger partial charge < -0.3 is 9.80 Å². The molecule has 1 aliphatic rings. The predicted molar refractivity (Wildman–Crippen MR) is 75.1 cm³/mol. The Morgan fingerprint density at radius 3 is 2.65 bits per heavy atom. The summed E-state index contributed by atoms with van der Waals surface area (Å²) >= 11 is 3.63. The highest BCUT2D eigenvalue weighted by atomic mass is 79.9. The zero-order chi connectivity index (χ0) is 12.4. The predicted octanol–water partition coefficient (Wildman–Crippen LogP) is 2.15. The van der Waals surface area contributed by atoms with E-state index in [0.29, 0.717) is 0 Å². The van der Waals surface area contributed by atoms with Crippen molar-refractivity contribution in [3.8, 4) is 0 Å². The van der Waals surface area contributed by atoms with E-state index in [9.17, 15) is 0 Å². The van der Waals surface area contributed by atoms with E-state index in [1.54, 1.807) is 0 Å². The molecule has 0 aromatic carbocycles. The second kappa shape index (κ2) is 5.21. The lowest BCUT2D eigenvalue weighted by Gasteiger charge is -2.34. The molecule has 0 N–H and O–H groups in total. The molecule has 94 valence electrons. The molecule has 1 aromatic rings. The second-order valence-electron chi connectivity index (χ2n) is 4.92. The van der Waals surface area contributed by atoms with Gasteiger partial charge >= 0.3 is 0 Å². The Bertz CT molecular complexity index is 377. The Labute approximate surface area is 111 Å². The molecular weight excluding hydrogens is 280 g/mol. The highest BCUT2D eigenvalue weighted by Gasteiger charge is 2.27. The number of hydrogen-bond donors (Lipinski definition) is 0. The zero-order valence-electron chi connectivity index (χ0n) is 10.6. The van der Waals surface area contributed by atoms with E-state index >= 15 is 0 Å². The van der Waals surface area contributed by atoms with Crippen molar-refractivity contribution in [1.82, 2.24) is 9.97 Å². The monoisotopic (exact) mass is 298 g/mol. The molecule has 4 nitrogen and oxygen atoms in total. The first kappa shape index (κ1) is 12.6. The van der Waals surface area contributed by atoms with Gasteiger partial charge in [0.05, 0.1) is 0 Å². The van der Waals surface area contributed by atoms with Gasteiger partial charge in [0.2, 0.25) is 5.95 Å². The van der Waals surface area contributed by atoms with E-state index in [-0.39, 0.29) is 0 Å². The molecule has 1 aliphatic carbocycles. The molecule has 1 fully saturated rings. The summed E-state index contributed by atoms with van der Waals surface area (Å²) in [6.45, 7) is 1.08. The van der Waals surface area contributed by atoms with E-state index in [4.69, 9.17) is 0 Å². The summed E-state index contributed by atoms with van der Waals surface area (Å²) < 4.78 is 0. The molecule has 0 spiro atoms. The summed E-state index contributed by atoms with van der Waals surface area (Å²) in [5.41, 5.74) is 0. The first-order valence-electron chi connectivity index (χ1n) is 5.92. The van der Waals surface area contributed by atoms with Crippen molar-refractivity contribution >= 4 is 27.7 Å². The van der Waals surface area contributed by atoms with Crippen molar-refractivity contribution < 1.29 is 0 Å². The zero-order valence-corrected chi connectivity index (χ0v) is 12.2. The Morgan fingerprint density at radius 2 is 2.06 bits per heavy atom. The lowest BCUT2D eigenvalue weighted by Crippen LogP contribution is -2.35. The van der Waals surface area contributed by atoms with E-state index in [1.807, 2.05) is 31.3 Å². The molecule has 0 atom stereocenters. The van der Waals surface area contributed by atoms with Gasteiger partial charge in [-0.15, -0.1) is 0 Å². The average Bonchev–Trinajstić information content (AvgIpc) is 2.27. The third-order valence-electron chi connectivity index (χ3n) is 3.13. The van der Waals surface area contributed by atoms with Crippen LogP contribution in [0, 0.1) is 5.92 Å². The maximum atomic E-state index is 4.53. The molecule has 0 amide bonds. The van der Waals surface area contributed by atoms with Crippen LogP contribution in [0.2, 0.25) is 0 Å². The fourth-order valence-electron chi connectivity index (χ4n) is 2.05. The minimum Gasteiger partial charge on any atom is -0.359 e. The first-order valence-corrected chi connectivity index (χ1v) is 6.83. The van der Waals surface area contributed by atoms with Crippen LogP contribution in [0.1, 0.15) is 12.8 Å². The number of anilines is 2. The van der Waals surface area contributed by atoms with Gasteiger partial charge in [0.1, 0.15) is 5.82 Å². The number of halogens is 1. The van der Waals surface area contributed by atoms with Crippen molar-refractivity contribution in [3.05, 3.63) is 12.3 Å². The number of aromatic nitrogens is 2. The summed E-state index contributed by atoms with van der Waals surface area (Å²) in [5, 5.41) is 0. The molecule has 1 saturated carbocycles. The van der Waals surface area contributed by atoms with Gasteiger partial charge in [-0.2, -0.15) is 4.98 Å². The van der Waals surface area contributed by atoms with Crippen LogP contribution in [0.25, 0.3) is 0 Å². The second-order valence-corrected chi connectivity index (χ2v) is 6.22. The molecular formula is C12H19BrN4. The Kier molecular flexibility index (Phi) is 3.86. The highest BCUT2D eigenvalue weighted by Crippen LogP contribution is 2.34. The SMILES string of the molecule is CN(C)c1nccc(N(C)CC2CC(Br)C2)n1. The number of hydrogen-bond acceptors (Lipinski definition) is 4. The topological polar surface area (TPSA) is 32.3 Å². The molecule has 1 aromatic heterocycles. The summed E-state index contributed by atoms with van der Waals surface area (Å²) in [4.78, 5) is 13.6. The van der Waals surface area contributed by atoms with E-state index in [2.05, 4.69) is 37.8 Å². The Morgan fingerprint density at radius 1 is 1.35 bits per heavy atom. The van der Waals surface area contributed by atoms with Crippen molar-refractivity contribution in [2.24, 2.45) is 5.92 Å². The number of nitrogens with zero attached hydrogens (tertiary/aromatic N) is 4. The molecule has 0 bridgehead atoms. The molecule has 0 saturated heterocycles. The maximum Gasteiger partial charge on any atom is 0.226 e. The quantitative estimate of drug-likeness (QED) is 0.798. The van der Waals surface area contributed by atoms with Crippen LogP contribution in [-0.2, 0) is 0 Å². The molecule has 0 radical (unpaired) electrons. The molecule has 17 heavy (non-hydrogen) atoms. The van der Waals surface area contributed by atoms with E-state index in [1.165, 1.54) is 12.8 Å². The summed E-state index contributed by atoms with van der Waals surface area (Å²) in [5.74, 6) is 2.56. The molecule has 0 unspecified atom stereocenters. The van der Waals surface area contributed by atoms with Gasteiger partial charge in [-0.25, -0.2) is 4.98 Å². The smallest absolute Gasteiger partial charge is 0.226 e. The largest absolute Gasteiger partial charge is 0.359 e. The third-order valence-corrected chi connectivity index (χ3v) is 3.88. The van der Waals surface area contributed by atoms with Gasteiger partial charge in [0.15, 0.2) is 0 Å². The first-order chi connectivity index (χ1) is 8.06. The fourth-order valence-corrected chi connectivity index (χ4v) is 3.11. The van der Waals surface area contributed by atoms with Gasteiger partial charge in [0.25, 0.3) is 0 Å². The minimum atomic E-state index is 0.726. The van der Waals surface area contributed by atoms with Crippen molar-refractivity contribution in [2.75, 3.05) is 37.5 Å².